The summed E-state index contributed by atoms with van der Waals surface area (Å²) in [6.07, 6.45) is -0.447. The van der Waals surface area contributed by atoms with Crippen molar-refractivity contribution in [2.75, 3.05) is 6.61 Å². The van der Waals surface area contributed by atoms with Crippen LogP contribution >= 0.6 is 0 Å². The van der Waals surface area contributed by atoms with Crippen molar-refractivity contribution in [1.29, 1.82) is 0 Å². The highest BCUT2D eigenvalue weighted by Crippen LogP contribution is 2.29. The van der Waals surface area contributed by atoms with Crippen molar-refractivity contribution in [2.45, 2.75) is 26.9 Å². The molecule has 0 spiro atoms. The van der Waals surface area contributed by atoms with Crippen molar-refractivity contribution < 1.29 is 9.84 Å². The molecule has 1 N–H and O–H groups in total. The first-order chi connectivity index (χ1) is 6.66. The summed E-state index contributed by atoms with van der Waals surface area (Å²) >= 11 is 0. The minimum absolute atomic E-state index is 0.205. The van der Waals surface area contributed by atoms with Crippen molar-refractivity contribution in [2.24, 2.45) is 5.92 Å². The number of aliphatic hydroxyl groups is 1. The third-order valence-corrected chi connectivity index (χ3v) is 2.17. The van der Waals surface area contributed by atoms with Gasteiger partial charge in [0.1, 0.15) is 5.75 Å². The highest BCUT2D eigenvalue weighted by Gasteiger charge is 2.15. The van der Waals surface area contributed by atoms with E-state index < -0.39 is 6.10 Å². The van der Waals surface area contributed by atoms with Gasteiger partial charge in [0.2, 0.25) is 0 Å². The van der Waals surface area contributed by atoms with E-state index in [9.17, 15) is 5.11 Å². The number of hydrogen-bond donors (Lipinski definition) is 1. The van der Waals surface area contributed by atoms with Crippen LogP contribution in [0.1, 0.15) is 32.4 Å². The van der Waals surface area contributed by atoms with Crippen LogP contribution in [-0.4, -0.2) is 11.7 Å². The van der Waals surface area contributed by atoms with E-state index in [4.69, 9.17) is 4.74 Å². The molecule has 0 fully saturated rings. The van der Waals surface area contributed by atoms with E-state index in [0.29, 0.717) is 6.61 Å². The maximum absolute atomic E-state index is 9.93. The van der Waals surface area contributed by atoms with Crippen LogP contribution in [0.5, 0.6) is 5.75 Å². The fourth-order valence-corrected chi connectivity index (χ4v) is 1.37. The molecule has 14 heavy (non-hydrogen) atoms. The predicted molar refractivity (Wildman–Crippen MR) is 57.4 cm³/mol. The van der Waals surface area contributed by atoms with Gasteiger partial charge in [0.25, 0.3) is 0 Å². The lowest BCUT2D eigenvalue weighted by Crippen LogP contribution is -2.07. The van der Waals surface area contributed by atoms with Crippen molar-refractivity contribution in [3.05, 3.63) is 29.8 Å². The van der Waals surface area contributed by atoms with Crippen LogP contribution in [0, 0.1) is 5.92 Å². The lowest BCUT2D eigenvalue weighted by molar-refractivity contribution is 0.122. The smallest absolute Gasteiger partial charge is 0.125 e. The first-order valence-electron chi connectivity index (χ1n) is 5.06. The summed E-state index contributed by atoms with van der Waals surface area (Å²) in [7, 11) is 0. The number of benzene rings is 1. The minimum Gasteiger partial charge on any atom is -0.493 e. The quantitative estimate of drug-likeness (QED) is 0.798. The molecule has 0 radical (unpaired) electrons. The van der Waals surface area contributed by atoms with E-state index in [-0.39, 0.29) is 5.92 Å². The molecule has 0 aliphatic rings. The van der Waals surface area contributed by atoms with Gasteiger partial charge >= 0.3 is 0 Å². The summed E-state index contributed by atoms with van der Waals surface area (Å²) in [4.78, 5) is 0. The molecule has 1 rings (SSSR count). The number of aliphatic hydroxyl groups excluding tert-OH is 1. The summed E-state index contributed by atoms with van der Waals surface area (Å²) in [5.74, 6) is 0.993. The highest BCUT2D eigenvalue weighted by molar-refractivity contribution is 5.35. The molecule has 0 heterocycles. The zero-order chi connectivity index (χ0) is 10.6. The fourth-order valence-electron chi connectivity index (χ4n) is 1.37. The first kappa shape index (κ1) is 11.1. The maximum Gasteiger partial charge on any atom is 0.125 e. The zero-order valence-electron chi connectivity index (χ0n) is 9.03. The Morgan fingerprint density at radius 2 is 1.93 bits per heavy atom. The van der Waals surface area contributed by atoms with E-state index >= 15 is 0 Å². The van der Waals surface area contributed by atoms with Gasteiger partial charge in [-0.3, -0.25) is 0 Å². The Morgan fingerprint density at radius 1 is 1.29 bits per heavy atom. The Bertz CT molecular complexity index is 281. The normalized spacial score (nSPS) is 12.9. The van der Waals surface area contributed by atoms with Crippen LogP contribution in [0.25, 0.3) is 0 Å². The van der Waals surface area contributed by atoms with Gasteiger partial charge in [-0.2, -0.15) is 0 Å². The van der Waals surface area contributed by atoms with Crippen molar-refractivity contribution in [3.8, 4) is 5.75 Å². The molecule has 0 saturated heterocycles. The topological polar surface area (TPSA) is 29.5 Å². The number of hydrogen-bond acceptors (Lipinski definition) is 2. The highest BCUT2D eigenvalue weighted by atomic mass is 16.5. The molecule has 0 amide bonds. The molecular weight excluding hydrogens is 176 g/mol. The molecule has 0 saturated carbocycles. The van der Waals surface area contributed by atoms with Crippen molar-refractivity contribution in [3.63, 3.8) is 0 Å². The van der Waals surface area contributed by atoms with Gasteiger partial charge in [0.15, 0.2) is 0 Å². The van der Waals surface area contributed by atoms with Gasteiger partial charge in [0.05, 0.1) is 12.7 Å². The summed E-state index contributed by atoms with van der Waals surface area (Å²) in [6, 6.07) is 7.64. The lowest BCUT2D eigenvalue weighted by atomic mass is 9.98. The predicted octanol–water partition coefficient (Wildman–Crippen LogP) is 2.77. The zero-order valence-corrected chi connectivity index (χ0v) is 9.03. The SMILES string of the molecule is CCOc1ccccc1C(O)C(C)C. The Kier molecular flexibility index (Phi) is 3.96. The number of para-hydroxylation sites is 1. The summed E-state index contributed by atoms with van der Waals surface area (Å²) in [6.45, 7) is 6.56. The van der Waals surface area contributed by atoms with E-state index in [0.717, 1.165) is 11.3 Å². The van der Waals surface area contributed by atoms with E-state index in [1.165, 1.54) is 0 Å². The van der Waals surface area contributed by atoms with Gasteiger partial charge in [-0.1, -0.05) is 32.0 Å². The molecule has 2 heteroatoms. The third-order valence-electron chi connectivity index (χ3n) is 2.17. The molecule has 1 atom stereocenters. The van der Waals surface area contributed by atoms with Gasteiger partial charge in [0, 0.05) is 5.56 Å². The van der Waals surface area contributed by atoms with Crippen LogP contribution in [-0.2, 0) is 0 Å². The summed E-state index contributed by atoms with van der Waals surface area (Å²) in [5.41, 5.74) is 0.879. The Morgan fingerprint density at radius 3 is 2.50 bits per heavy atom. The third kappa shape index (κ3) is 2.48. The molecule has 1 aromatic carbocycles. The molecular formula is C12H18O2. The largest absolute Gasteiger partial charge is 0.493 e. The van der Waals surface area contributed by atoms with Crippen molar-refractivity contribution >= 4 is 0 Å². The van der Waals surface area contributed by atoms with E-state index in [1.54, 1.807) is 0 Å². The van der Waals surface area contributed by atoms with Gasteiger partial charge in [-0.25, -0.2) is 0 Å². The van der Waals surface area contributed by atoms with Crippen LogP contribution in [0.4, 0.5) is 0 Å². The Hall–Kier alpha value is -1.02. The second-order valence-corrected chi connectivity index (χ2v) is 3.66. The molecule has 1 aromatic rings. The molecule has 0 aromatic heterocycles. The fraction of sp³-hybridized carbons (Fsp3) is 0.500. The Balaban J connectivity index is 2.94. The minimum atomic E-state index is -0.447. The average Bonchev–Trinajstić information content (AvgIpc) is 2.18. The molecule has 0 aliphatic carbocycles. The molecule has 78 valence electrons. The monoisotopic (exact) mass is 194 g/mol. The molecule has 2 nitrogen and oxygen atoms in total. The first-order valence-corrected chi connectivity index (χ1v) is 5.06. The van der Waals surface area contributed by atoms with Crippen LogP contribution in [0.3, 0.4) is 0 Å². The van der Waals surface area contributed by atoms with E-state index in [1.807, 2.05) is 45.0 Å². The molecule has 1 unspecified atom stereocenters. The van der Waals surface area contributed by atoms with Gasteiger partial charge < -0.3 is 9.84 Å². The lowest BCUT2D eigenvalue weighted by Gasteiger charge is -2.18. The summed E-state index contributed by atoms with van der Waals surface area (Å²) in [5, 5.41) is 9.93. The maximum atomic E-state index is 9.93. The van der Waals surface area contributed by atoms with Crippen LogP contribution in [0.15, 0.2) is 24.3 Å². The average molecular weight is 194 g/mol. The molecule has 0 bridgehead atoms. The van der Waals surface area contributed by atoms with E-state index in [2.05, 4.69) is 0 Å². The number of rotatable bonds is 4. The summed E-state index contributed by atoms with van der Waals surface area (Å²) < 4.78 is 5.45. The second kappa shape index (κ2) is 5.01. The van der Waals surface area contributed by atoms with Crippen LogP contribution in [0.2, 0.25) is 0 Å². The second-order valence-electron chi connectivity index (χ2n) is 3.66. The van der Waals surface area contributed by atoms with Crippen LogP contribution < -0.4 is 4.74 Å². The van der Waals surface area contributed by atoms with Gasteiger partial charge in [-0.15, -0.1) is 0 Å². The van der Waals surface area contributed by atoms with Crippen molar-refractivity contribution in [1.82, 2.24) is 0 Å². The Labute approximate surface area is 85.5 Å². The number of ether oxygens (including phenoxy) is 1. The standard InChI is InChI=1S/C12H18O2/c1-4-14-11-8-6-5-7-10(11)12(13)9(2)3/h5-9,12-13H,4H2,1-3H3. The molecule has 0 aliphatic heterocycles. The van der Waals surface area contributed by atoms with Gasteiger partial charge in [-0.05, 0) is 18.9 Å².